The molecular weight excluding hydrogens is 332 g/mol. The van der Waals surface area contributed by atoms with Crippen molar-refractivity contribution in [1.82, 2.24) is 14.8 Å². The molecule has 0 atom stereocenters. The van der Waals surface area contributed by atoms with Gasteiger partial charge in [0, 0.05) is 12.1 Å². The number of hydrogen-bond donors (Lipinski definition) is 2. The number of ether oxygens (including phenoxy) is 2. The second-order valence-corrected chi connectivity index (χ2v) is 6.26. The van der Waals surface area contributed by atoms with Gasteiger partial charge in [-0.05, 0) is 25.0 Å². The van der Waals surface area contributed by atoms with Crippen LogP contribution >= 0.6 is 11.8 Å². The highest BCUT2D eigenvalue weighted by molar-refractivity contribution is 7.99. The molecule has 0 unspecified atom stereocenters. The number of anilines is 1. The third kappa shape index (κ3) is 3.56. The van der Waals surface area contributed by atoms with E-state index in [0.29, 0.717) is 22.3 Å². The maximum atomic E-state index is 12.2. The Morgan fingerprint density at radius 2 is 2.21 bits per heavy atom. The normalized spacial score (nSPS) is 13.6. The van der Waals surface area contributed by atoms with Gasteiger partial charge >= 0.3 is 5.69 Å². The molecule has 1 aromatic carbocycles. The summed E-state index contributed by atoms with van der Waals surface area (Å²) in [6.07, 6.45) is 1.95. The molecule has 24 heavy (non-hydrogen) atoms. The van der Waals surface area contributed by atoms with Crippen molar-refractivity contribution in [2.75, 3.05) is 25.3 Å². The van der Waals surface area contributed by atoms with Gasteiger partial charge in [-0.2, -0.15) is 0 Å². The zero-order valence-corrected chi connectivity index (χ0v) is 14.2. The fourth-order valence-electron chi connectivity index (χ4n) is 2.26. The van der Waals surface area contributed by atoms with Crippen molar-refractivity contribution >= 4 is 23.4 Å². The van der Waals surface area contributed by atoms with Crippen LogP contribution in [0.2, 0.25) is 0 Å². The van der Waals surface area contributed by atoms with E-state index >= 15 is 0 Å². The Bertz CT molecular complexity index is 797. The van der Waals surface area contributed by atoms with Crippen LogP contribution in [0.3, 0.4) is 0 Å². The van der Waals surface area contributed by atoms with Crippen LogP contribution in [0, 0.1) is 0 Å². The van der Waals surface area contributed by atoms with Crippen molar-refractivity contribution in [3.63, 3.8) is 0 Å². The molecule has 0 saturated heterocycles. The zero-order valence-electron chi connectivity index (χ0n) is 13.4. The minimum absolute atomic E-state index is 0.145. The van der Waals surface area contributed by atoms with Gasteiger partial charge in [-0.15, -0.1) is 5.10 Å². The van der Waals surface area contributed by atoms with Gasteiger partial charge in [0.05, 0.1) is 25.7 Å². The van der Waals surface area contributed by atoms with Crippen molar-refractivity contribution in [3.05, 3.63) is 28.7 Å². The predicted octanol–water partition coefficient (Wildman–Crippen LogP) is 1.65. The number of H-pyrrole nitrogens is 1. The lowest BCUT2D eigenvalue weighted by atomic mass is 10.2. The van der Waals surface area contributed by atoms with Crippen molar-refractivity contribution < 1.29 is 14.3 Å². The van der Waals surface area contributed by atoms with Crippen LogP contribution in [0.15, 0.2) is 28.2 Å². The van der Waals surface area contributed by atoms with E-state index in [1.807, 2.05) is 0 Å². The summed E-state index contributed by atoms with van der Waals surface area (Å²) >= 11 is 1.23. The number of amides is 1. The Balaban J connectivity index is 1.63. The Hall–Kier alpha value is -2.42. The SMILES string of the molecule is COc1ccc(NC(=O)CSc2n[nH]c(=O)n2C2CC2)c(OC)c1. The molecule has 128 valence electrons. The number of nitrogens with one attached hydrogen (secondary N) is 2. The monoisotopic (exact) mass is 350 g/mol. The lowest BCUT2D eigenvalue weighted by Gasteiger charge is -2.11. The molecule has 1 amide bonds. The van der Waals surface area contributed by atoms with E-state index in [-0.39, 0.29) is 23.4 Å². The Kier molecular flexibility index (Phi) is 4.79. The van der Waals surface area contributed by atoms with Gasteiger partial charge < -0.3 is 14.8 Å². The van der Waals surface area contributed by atoms with Crippen molar-refractivity contribution in [1.29, 1.82) is 0 Å². The number of rotatable bonds is 7. The molecule has 2 N–H and O–H groups in total. The first-order valence-corrected chi connectivity index (χ1v) is 8.42. The Morgan fingerprint density at radius 3 is 2.88 bits per heavy atom. The van der Waals surface area contributed by atoms with Gasteiger partial charge in [0.25, 0.3) is 0 Å². The van der Waals surface area contributed by atoms with Crippen LogP contribution in [0.5, 0.6) is 11.5 Å². The van der Waals surface area contributed by atoms with Crippen LogP contribution in [-0.2, 0) is 4.79 Å². The maximum Gasteiger partial charge on any atom is 0.344 e. The second kappa shape index (κ2) is 7.00. The molecule has 1 aromatic heterocycles. The summed E-state index contributed by atoms with van der Waals surface area (Å²) in [5.74, 6) is 1.10. The quantitative estimate of drug-likeness (QED) is 0.737. The highest BCUT2D eigenvalue weighted by Gasteiger charge is 2.28. The lowest BCUT2D eigenvalue weighted by molar-refractivity contribution is -0.113. The number of methoxy groups -OCH3 is 2. The van der Waals surface area contributed by atoms with Crippen molar-refractivity contribution in [2.45, 2.75) is 24.0 Å². The Morgan fingerprint density at radius 1 is 1.42 bits per heavy atom. The molecule has 1 aliphatic carbocycles. The van der Waals surface area contributed by atoms with E-state index in [9.17, 15) is 9.59 Å². The Labute approximate surface area is 142 Å². The fraction of sp³-hybridized carbons (Fsp3) is 0.400. The summed E-state index contributed by atoms with van der Waals surface area (Å²) in [5.41, 5.74) is 0.336. The number of thioether (sulfide) groups is 1. The van der Waals surface area contributed by atoms with Gasteiger partial charge in [0.2, 0.25) is 5.91 Å². The molecule has 1 heterocycles. The van der Waals surface area contributed by atoms with Crippen LogP contribution < -0.4 is 20.5 Å². The van der Waals surface area contributed by atoms with E-state index in [1.54, 1.807) is 29.9 Å². The fourth-order valence-corrected chi connectivity index (χ4v) is 3.08. The highest BCUT2D eigenvalue weighted by Crippen LogP contribution is 2.36. The number of hydrogen-bond acceptors (Lipinski definition) is 6. The van der Waals surface area contributed by atoms with Crippen LogP contribution in [0.25, 0.3) is 0 Å². The molecule has 1 aliphatic rings. The minimum atomic E-state index is -0.225. The largest absolute Gasteiger partial charge is 0.497 e. The summed E-state index contributed by atoms with van der Waals surface area (Å²) in [6, 6.07) is 5.36. The first-order valence-electron chi connectivity index (χ1n) is 7.44. The van der Waals surface area contributed by atoms with Gasteiger partial charge in [-0.3, -0.25) is 9.36 Å². The molecule has 8 nitrogen and oxygen atoms in total. The highest BCUT2D eigenvalue weighted by atomic mass is 32.2. The molecule has 3 rings (SSSR count). The van der Waals surface area contributed by atoms with E-state index in [4.69, 9.17) is 9.47 Å². The molecule has 2 aromatic rings. The molecule has 1 fully saturated rings. The number of benzene rings is 1. The van der Waals surface area contributed by atoms with E-state index < -0.39 is 0 Å². The van der Waals surface area contributed by atoms with Gasteiger partial charge in [-0.25, -0.2) is 9.89 Å². The predicted molar refractivity (Wildman–Crippen MR) is 90.0 cm³/mol. The number of carbonyl (C=O) groups is 1. The average molecular weight is 350 g/mol. The number of nitrogens with zero attached hydrogens (tertiary/aromatic N) is 2. The first kappa shape index (κ1) is 16.4. The third-order valence-electron chi connectivity index (χ3n) is 3.60. The van der Waals surface area contributed by atoms with Crippen molar-refractivity contribution in [2.24, 2.45) is 0 Å². The van der Waals surface area contributed by atoms with E-state index in [0.717, 1.165) is 12.8 Å². The van der Waals surface area contributed by atoms with Crippen LogP contribution in [0.1, 0.15) is 18.9 Å². The van der Waals surface area contributed by atoms with E-state index in [2.05, 4.69) is 15.5 Å². The molecular formula is C15H18N4O4S. The molecule has 0 bridgehead atoms. The number of carbonyl (C=O) groups excluding carboxylic acids is 1. The number of aromatic amines is 1. The number of aromatic nitrogens is 3. The molecule has 0 aliphatic heterocycles. The van der Waals surface area contributed by atoms with Crippen LogP contribution in [-0.4, -0.2) is 40.6 Å². The average Bonchev–Trinajstić information content (AvgIpc) is 3.36. The standard InChI is InChI=1S/C15H18N4O4S/c1-22-10-5-6-11(12(7-10)23-2)16-13(20)8-24-15-18-17-14(21)19(15)9-3-4-9/h5-7,9H,3-4,8H2,1-2H3,(H,16,20)(H,17,21). The first-order chi connectivity index (χ1) is 11.6. The summed E-state index contributed by atoms with van der Waals surface area (Å²) < 4.78 is 12.0. The maximum absolute atomic E-state index is 12.2. The second-order valence-electron chi connectivity index (χ2n) is 5.32. The van der Waals surface area contributed by atoms with Crippen LogP contribution in [0.4, 0.5) is 5.69 Å². The molecule has 0 radical (unpaired) electrons. The van der Waals surface area contributed by atoms with Gasteiger partial charge in [-0.1, -0.05) is 11.8 Å². The lowest BCUT2D eigenvalue weighted by Crippen LogP contribution is -2.18. The molecule has 1 saturated carbocycles. The summed E-state index contributed by atoms with van der Waals surface area (Å²) in [4.78, 5) is 23.9. The molecule has 0 spiro atoms. The van der Waals surface area contributed by atoms with E-state index in [1.165, 1.54) is 18.9 Å². The third-order valence-corrected chi connectivity index (χ3v) is 4.55. The zero-order chi connectivity index (χ0) is 17.1. The van der Waals surface area contributed by atoms with Gasteiger partial charge in [0.15, 0.2) is 5.16 Å². The molecule has 9 heteroatoms. The summed E-state index contributed by atoms with van der Waals surface area (Å²) in [7, 11) is 3.09. The summed E-state index contributed by atoms with van der Waals surface area (Å²) in [5, 5.41) is 9.74. The smallest absolute Gasteiger partial charge is 0.344 e. The minimum Gasteiger partial charge on any atom is -0.497 e. The van der Waals surface area contributed by atoms with Crippen molar-refractivity contribution in [3.8, 4) is 11.5 Å². The topological polar surface area (TPSA) is 98.2 Å². The van der Waals surface area contributed by atoms with Gasteiger partial charge in [0.1, 0.15) is 11.5 Å². The summed E-state index contributed by atoms with van der Waals surface area (Å²) in [6.45, 7) is 0.